The highest BCUT2D eigenvalue weighted by Gasteiger charge is 2.34. The molecule has 0 spiro atoms. The molecule has 1 N–H and O–H groups in total. The minimum Gasteiger partial charge on any atom is -0.481 e. The Morgan fingerprint density at radius 1 is 1.14 bits per heavy atom. The maximum absolute atomic E-state index is 12.9. The van der Waals surface area contributed by atoms with Crippen LogP contribution in [0.1, 0.15) is 45.4 Å². The van der Waals surface area contributed by atoms with Gasteiger partial charge < -0.3 is 19.6 Å². The number of carbonyl (C=O) groups is 2. The molecule has 0 aromatic heterocycles. The largest absolute Gasteiger partial charge is 0.481 e. The highest BCUT2D eigenvalue weighted by Crippen LogP contribution is 2.22. The highest BCUT2D eigenvalue weighted by atomic mass is 16.5. The summed E-state index contributed by atoms with van der Waals surface area (Å²) in [4.78, 5) is 27.5. The van der Waals surface area contributed by atoms with E-state index in [4.69, 9.17) is 9.84 Å². The van der Waals surface area contributed by atoms with Gasteiger partial charge in [0.15, 0.2) is 0 Å². The van der Waals surface area contributed by atoms with Crippen LogP contribution in [0.15, 0.2) is 0 Å². The van der Waals surface area contributed by atoms with Crippen LogP contribution in [0.4, 0.5) is 4.79 Å². The van der Waals surface area contributed by atoms with Crippen LogP contribution in [0, 0.1) is 0 Å². The SMILES string of the molecule is CCC1CCCCCN1C(=O)N1CCOCC1CC(=O)O. The Bertz CT molecular complexity index is 375. The molecule has 6 nitrogen and oxygen atoms in total. The molecule has 0 radical (unpaired) electrons. The number of carboxylic acids is 1. The van der Waals surface area contributed by atoms with Crippen LogP contribution >= 0.6 is 0 Å². The van der Waals surface area contributed by atoms with Gasteiger partial charge in [0.05, 0.1) is 25.7 Å². The number of morpholine rings is 1. The quantitative estimate of drug-likeness (QED) is 0.864. The molecule has 120 valence electrons. The fraction of sp³-hybridized carbons (Fsp3) is 0.867. The Balaban J connectivity index is 2.08. The monoisotopic (exact) mass is 298 g/mol. The van der Waals surface area contributed by atoms with E-state index in [9.17, 15) is 9.59 Å². The molecule has 2 fully saturated rings. The van der Waals surface area contributed by atoms with Gasteiger partial charge in [0.2, 0.25) is 0 Å². The fourth-order valence-electron chi connectivity index (χ4n) is 3.30. The van der Waals surface area contributed by atoms with Crippen molar-refractivity contribution in [2.45, 2.75) is 57.5 Å². The van der Waals surface area contributed by atoms with Crippen molar-refractivity contribution >= 4 is 12.0 Å². The first-order valence-corrected chi connectivity index (χ1v) is 8.00. The summed E-state index contributed by atoms with van der Waals surface area (Å²) in [5.41, 5.74) is 0. The molecule has 0 aliphatic carbocycles. The topological polar surface area (TPSA) is 70.1 Å². The van der Waals surface area contributed by atoms with Gasteiger partial charge >= 0.3 is 12.0 Å². The lowest BCUT2D eigenvalue weighted by molar-refractivity contribution is -0.139. The van der Waals surface area contributed by atoms with E-state index in [1.807, 2.05) is 4.90 Å². The number of likely N-dealkylation sites (tertiary alicyclic amines) is 1. The van der Waals surface area contributed by atoms with Gasteiger partial charge in [-0.3, -0.25) is 4.79 Å². The summed E-state index contributed by atoms with van der Waals surface area (Å²) < 4.78 is 5.35. The third-order valence-electron chi connectivity index (χ3n) is 4.48. The predicted molar refractivity (Wildman–Crippen MR) is 78.2 cm³/mol. The Kier molecular flexibility index (Phi) is 5.85. The van der Waals surface area contributed by atoms with E-state index < -0.39 is 5.97 Å². The van der Waals surface area contributed by atoms with Gasteiger partial charge in [-0.25, -0.2) is 4.79 Å². The lowest BCUT2D eigenvalue weighted by atomic mass is 10.1. The number of amides is 2. The van der Waals surface area contributed by atoms with Crippen LogP contribution in [-0.2, 0) is 9.53 Å². The van der Waals surface area contributed by atoms with Crippen molar-refractivity contribution in [1.29, 1.82) is 0 Å². The average Bonchev–Trinajstić information content (AvgIpc) is 2.71. The number of rotatable bonds is 3. The van der Waals surface area contributed by atoms with E-state index in [0.29, 0.717) is 19.8 Å². The predicted octanol–water partition coefficient (Wildman–Crippen LogP) is 1.94. The molecular weight excluding hydrogens is 272 g/mol. The molecule has 0 saturated carbocycles. The summed E-state index contributed by atoms with van der Waals surface area (Å²) in [5, 5.41) is 9.01. The Labute approximate surface area is 126 Å². The second-order valence-corrected chi connectivity index (χ2v) is 5.91. The van der Waals surface area contributed by atoms with E-state index >= 15 is 0 Å². The summed E-state index contributed by atoms with van der Waals surface area (Å²) in [5.74, 6) is -0.883. The molecule has 2 amide bonds. The van der Waals surface area contributed by atoms with Crippen LogP contribution in [0.3, 0.4) is 0 Å². The van der Waals surface area contributed by atoms with Crippen molar-refractivity contribution in [2.75, 3.05) is 26.3 Å². The molecule has 6 heteroatoms. The van der Waals surface area contributed by atoms with Crippen molar-refractivity contribution in [3.8, 4) is 0 Å². The number of aliphatic carboxylic acids is 1. The van der Waals surface area contributed by atoms with Crippen LogP contribution in [-0.4, -0.2) is 65.3 Å². The lowest BCUT2D eigenvalue weighted by Crippen LogP contribution is -2.56. The molecule has 2 aliphatic heterocycles. The van der Waals surface area contributed by atoms with Gasteiger partial charge in [0.25, 0.3) is 0 Å². The third-order valence-corrected chi connectivity index (χ3v) is 4.48. The minimum atomic E-state index is -0.883. The Morgan fingerprint density at radius 3 is 2.62 bits per heavy atom. The lowest BCUT2D eigenvalue weighted by Gasteiger charge is -2.40. The molecule has 2 heterocycles. The molecule has 0 bridgehead atoms. The van der Waals surface area contributed by atoms with Gasteiger partial charge in [-0.1, -0.05) is 19.8 Å². The van der Waals surface area contributed by atoms with Crippen LogP contribution in [0.25, 0.3) is 0 Å². The van der Waals surface area contributed by atoms with Gasteiger partial charge in [-0.2, -0.15) is 0 Å². The molecule has 0 aromatic rings. The first-order valence-electron chi connectivity index (χ1n) is 8.00. The maximum atomic E-state index is 12.9. The summed E-state index contributed by atoms with van der Waals surface area (Å²) in [6.07, 6.45) is 5.34. The van der Waals surface area contributed by atoms with Crippen molar-refractivity contribution in [2.24, 2.45) is 0 Å². The molecule has 21 heavy (non-hydrogen) atoms. The van der Waals surface area contributed by atoms with E-state index in [0.717, 1.165) is 25.8 Å². The van der Waals surface area contributed by atoms with Crippen LogP contribution in [0.2, 0.25) is 0 Å². The average molecular weight is 298 g/mol. The first-order chi connectivity index (χ1) is 10.1. The normalized spacial score (nSPS) is 27.3. The number of ether oxygens (including phenoxy) is 1. The van der Waals surface area contributed by atoms with Crippen LogP contribution < -0.4 is 0 Å². The Morgan fingerprint density at radius 2 is 1.90 bits per heavy atom. The zero-order valence-electron chi connectivity index (χ0n) is 12.8. The summed E-state index contributed by atoms with van der Waals surface area (Å²) >= 11 is 0. The standard InChI is InChI=1S/C15H26N2O4/c1-2-12-6-4-3-5-7-16(12)15(20)17-8-9-21-11-13(17)10-14(18)19/h12-13H,2-11H2,1H3,(H,18,19). The number of nitrogens with zero attached hydrogens (tertiary/aromatic N) is 2. The van der Waals surface area contributed by atoms with E-state index in [1.165, 1.54) is 12.8 Å². The molecular formula is C15H26N2O4. The zero-order chi connectivity index (χ0) is 15.2. The molecule has 2 rings (SSSR count). The highest BCUT2D eigenvalue weighted by molar-refractivity contribution is 5.76. The second kappa shape index (κ2) is 7.64. The number of hydrogen-bond acceptors (Lipinski definition) is 3. The molecule has 0 aromatic carbocycles. The molecule has 2 atom stereocenters. The van der Waals surface area contributed by atoms with E-state index in [1.54, 1.807) is 4.90 Å². The second-order valence-electron chi connectivity index (χ2n) is 5.91. The van der Waals surface area contributed by atoms with E-state index in [2.05, 4.69) is 6.92 Å². The van der Waals surface area contributed by atoms with Crippen molar-refractivity contribution < 1.29 is 19.4 Å². The minimum absolute atomic E-state index is 0.00157. The fourth-order valence-corrected chi connectivity index (χ4v) is 3.30. The third kappa shape index (κ3) is 4.09. The summed E-state index contributed by atoms with van der Waals surface area (Å²) in [6.45, 7) is 4.21. The Hall–Kier alpha value is -1.30. The zero-order valence-corrected chi connectivity index (χ0v) is 12.8. The number of urea groups is 1. The number of hydrogen-bond donors (Lipinski definition) is 1. The van der Waals surface area contributed by atoms with Crippen molar-refractivity contribution in [3.05, 3.63) is 0 Å². The number of carbonyl (C=O) groups excluding carboxylic acids is 1. The number of carboxylic acid groups (broad SMARTS) is 1. The van der Waals surface area contributed by atoms with Gasteiger partial charge in [-0.15, -0.1) is 0 Å². The van der Waals surface area contributed by atoms with Gasteiger partial charge in [-0.05, 0) is 19.3 Å². The molecule has 2 unspecified atom stereocenters. The first kappa shape index (κ1) is 16.1. The van der Waals surface area contributed by atoms with E-state index in [-0.39, 0.29) is 24.5 Å². The molecule has 2 aliphatic rings. The maximum Gasteiger partial charge on any atom is 0.320 e. The van der Waals surface area contributed by atoms with Crippen LogP contribution in [0.5, 0.6) is 0 Å². The molecule has 2 saturated heterocycles. The van der Waals surface area contributed by atoms with Crippen molar-refractivity contribution in [3.63, 3.8) is 0 Å². The van der Waals surface area contributed by atoms with Gasteiger partial charge in [0.1, 0.15) is 0 Å². The smallest absolute Gasteiger partial charge is 0.320 e. The summed E-state index contributed by atoms with van der Waals surface area (Å²) in [7, 11) is 0. The summed E-state index contributed by atoms with van der Waals surface area (Å²) in [6, 6.07) is -0.0591. The van der Waals surface area contributed by atoms with Crippen molar-refractivity contribution in [1.82, 2.24) is 9.80 Å². The van der Waals surface area contributed by atoms with Gasteiger partial charge in [0, 0.05) is 19.1 Å².